The summed E-state index contributed by atoms with van der Waals surface area (Å²) >= 11 is 0. The quantitative estimate of drug-likeness (QED) is 0.303. The lowest BCUT2D eigenvalue weighted by atomic mass is 9.94. The molecule has 6 nitrogen and oxygen atoms in total. The van der Waals surface area contributed by atoms with E-state index < -0.39 is 22.0 Å². The molecule has 0 spiro atoms. The van der Waals surface area contributed by atoms with Crippen LogP contribution >= 0.6 is 0 Å². The van der Waals surface area contributed by atoms with E-state index in [0.29, 0.717) is 0 Å². The van der Waals surface area contributed by atoms with E-state index in [0.717, 1.165) is 0 Å². The Morgan fingerprint density at radius 1 is 0.583 bits per heavy atom. The molecule has 0 heterocycles. The van der Waals surface area contributed by atoms with Crippen LogP contribution in [-0.4, -0.2) is 36.4 Å². The van der Waals surface area contributed by atoms with Gasteiger partial charge in [-0.1, -0.05) is 0 Å². The zero-order valence-electron chi connectivity index (χ0n) is 16.9. The van der Waals surface area contributed by atoms with E-state index in [4.69, 9.17) is 19.2 Å². The summed E-state index contributed by atoms with van der Waals surface area (Å²) in [5.41, 5.74) is -2.84. The molecule has 142 valence electrons. The Hall–Kier alpha value is -1.14. The zero-order valence-corrected chi connectivity index (χ0v) is 16.9. The summed E-state index contributed by atoms with van der Waals surface area (Å²) in [5, 5.41) is 0. The first-order valence-electron chi connectivity index (χ1n) is 8.18. The van der Waals surface area contributed by atoms with Crippen LogP contribution in [0.5, 0.6) is 0 Å². The van der Waals surface area contributed by atoms with Crippen LogP contribution in [0.15, 0.2) is 0 Å². The minimum absolute atomic E-state index is 0.0202. The van der Waals surface area contributed by atoms with E-state index in [-0.39, 0.29) is 25.2 Å². The van der Waals surface area contributed by atoms with Gasteiger partial charge in [-0.2, -0.15) is 0 Å². The highest BCUT2D eigenvalue weighted by molar-refractivity contribution is 5.77. The summed E-state index contributed by atoms with van der Waals surface area (Å²) in [6.07, 6.45) is 0. The van der Waals surface area contributed by atoms with Gasteiger partial charge in [0, 0.05) is 0 Å². The van der Waals surface area contributed by atoms with Crippen LogP contribution in [0, 0.1) is 10.8 Å². The smallest absolute Gasteiger partial charge is 0.314 e. The molecule has 0 saturated carbocycles. The van der Waals surface area contributed by atoms with E-state index in [2.05, 4.69) is 0 Å². The van der Waals surface area contributed by atoms with Gasteiger partial charge in [-0.15, -0.1) is 0 Å². The van der Waals surface area contributed by atoms with Crippen LogP contribution in [0.4, 0.5) is 0 Å². The van der Waals surface area contributed by atoms with Gasteiger partial charge in [0.25, 0.3) is 0 Å². The predicted octanol–water partition coefficient (Wildman–Crippen LogP) is 3.67. The molecule has 0 fully saturated rings. The first-order chi connectivity index (χ1) is 10.5. The van der Waals surface area contributed by atoms with E-state index >= 15 is 0 Å². The maximum atomic E-state index is 12.1. The Labute approximate surface area is 146 Å². The maximum absolute atomic E-state index is 12.1. The molecular weight excluding hydrogens is 312 g/mol. The highest BCUT2D eigenvalue weighted by atomic mass is 17.2. The number of carbonyl (C=O) groups excluding carboxylic acids is 2. The molecular formula is C18H34O6. The van der Waals surface area contributed by atoms with Crippen molar-refractivity contribution < 1.29 is 28.8 Å². The fourth-order valence-corrected chi connectivity index (χ4v) is 1.33. The van der Waals surface area contributed by atoms with Gasteiger partial charge in [-0.3, -0.25) is 9.59 Å². The average Bonchev–Trinajstić information content (AvgIpc) is 2.30. The standard InChI is InChI=1S/C18H34O6/c1-15(2,3)23-13(19)17(7,8)11-21-22-12-18(9,10)14(20)24-16(4,5)6/h11-12H2,1-10H3. The molecule has 0 amide bonds. The molecule has 0 rings (SSSR count). The molecule has 0 atom stereocenters. The third-order valence-electron chi connectivity index (χ3n) is 2.83. The maximum Gasteiger partial charge on any atom is 0.314 e. The van der Waals surface area contributed by atoms with Crippen molar-refractivity contribution in [3.8, 4) is 0 Å². The van der Waals surface area contributed by atoms with Gasteiger partial charge in [0.05, 0.1) is 24.0 Å². The third kappa shape index (κ3) is 9.23. The summed E-state index contributed by atoms with van der Waals surface area (Å²) in [6, 6.07) is 0. The fourth-order valence-electron chi connectivity index (χ4n) is 1.33. The minimum Gasteiger partial charge on any atom is -0.459 e. The van der Waals surface area contributed by atoms with Crippen molar-refractivity contribution in [2.75, 3.05) is 13.2 Å². The monoisotopic (exact) mass is 346 g/mol. The molecule has 0 N–H and O–H groups in total. The molecule has 6 heteroatoms. The van der Waals surface area contributed by atoms with Crippen LogP contribution in [0.3, 0.4) is 0 Å². The van der Waals surface area contributed by atoms with Crippen molar-refractivity contribution in [1.82, 2.24) is 0 Å². The molecule has 0 unspecified atom stereocenters. The van der Waals surface area contributed by atoms with E-state index in [1.165, 1.54) is 0 Å². The second kappa shape index (κ2) is 7.83. The van der Waals surface area contributed by atoms with Crippen molar-refractivity contribution in [3.63, 3.8) is 0 Å². The summed E-state index contributed by atoms with van der Waals surface area (Å²) in [5.74, 6) is -0.741. The highest BCUT2D eigenvalue weighted by Gasteiger charge is 2.35. The molecule has 0 aliphatic carbocycles. The predicted molar refractivity (Wildman–Crippen MR) is 91.2 cm³/mol. The van der Waals surface area contributed by atoms with E-state index in [1.54, 1.807) is 27.7 Å². The molecule has 0 aromatic carbocycles. The first-order valence-corrected chi connectivity index (χ1v) is 8.18. The topological polar surface area (TPSA) is 71.1 Å². The molecule has 24 heavy (non-hydrogen) atoms. The lowest BCUT2D eigenvalue weighted by Gasteiger charge is -2.29. The molecule has 0 aromatic rings. The Morgan fingerprint density at radius 3 is 1.04 bits per heavy atom. The van der Waals surface area contributed by atoms with Gasteiger partial charge in [-0.25, -0.2) is 9.78 Å². The van der Waals surface area contributed by atoms with Gasteiger partial charge >= 0.3 is 11.9 Å². The summed E-state index contributed by atoms with van der Waals surface area (Å²) in [6.45, 7) is 17.7. The highest BCUT2D eigenvalue weighted by Crippen LogP contribution is 2.24. The molecule has 0 aliphatic rings. The largest absolute Gasteiger partial charge is 0.459 e. The Morgan fingerprint density at radius 2 is 0.833 bits per heavy atom. The van der Waals surface area contributed by atoms with Crippen LogP contribution in [-0.2, 0) is 28.8 Å². The Balaban J connectivity index is 4.41. The number of rotatable bonds is 7. The number of esters is 2. The number of ether oxygens (including phenoxy) is 2. The lowest BCUT2D eigenvalue weighted by Crippen LogP contribution is -2.38. The zero-order chi connectivity index (χ0) is 19.4. The fraction of sp³-hybridized carbons (Fsp3) is 0.889. The van der Waals surface area contributed by atoms with Gasteiger partial charge in [0.1, 0.15) is 11.2 Å². The molecule has 0 saturated heterocycles. The minimum atomic E-state index is -0.858. The molecule has 0 aromatic heterocycles. The normalized spacial score (nSPS) is 13.6. The van der Waals surface area contributed by atoms with Crippen molar-refractivity contribution >= 4 is 11.9 Å². The Bertz CT molecular complexity index is 395. The van der Waals surface area contributed by atoms with Crippen molar-refractivity contribution in [2.45, 2.75) is 80.4 Å². The van der Waals surface area contributed by atoms with Gasteiger partial charge < -0.3 is 9.47 Å². The number of hydrogen-bond donors (Lipinski definition) is 0. The van der Waals surface area contributed by atoms with Gasteiger partial charge in [-0.05, 0) is 69.2 Å². The van der Waals surface area contributed by atoms with Crippen molar-refractivity contribution in [1.29, 1.82) is 0 Å². The summed E-state index contributed by atoms with van der Waals surface area (Å²) in [4.78, 5) is 34.5. The van der Waals surface area contributed by atoms with Gasteiger partial charge in [0.15, 0.2) is 0 Å². The Kier molecular flexibility index (Phi) is 7.46. The van der Waals surface area contributed by atoms with Gasteiger partial charge in [0.2, 0.25) is 0 Å². The van der Waals surface area contributed by atoms with E-state index in [9.17, 15) is 9.59 Å². The number of carbonyl (C=O) groups is 2. The van der Waals surface area contributed by atoms with Crippen LogP contribution in [0.2, 0.25) is 0 Å². The van der Waals surface area contributed by atoms with Crippen molar-refractivity contribution in [3.05, 3.63) is 0 Å². The molecule has 0 radical (unpaired) electrons. The van der Waals surface area contributed by atoms with Crippen LogP contribution in [0.25, 0.3) is 0 Å². The first kappa shape index (κ1) is 22.9. The van der Waals surface area contributed by atoms with E-state index in [1.807, 2.05) is 41.5 Å². The molecule has 0 bridgehead atoms. The molecule has 0 aliphatic heterocycles. The van der Waals surface area contributed by atoms with Crippen molar-refractivity contribution in [2.24, 2.45) is 10.8 Å². The lowest BCUT2D eigenvalue weighted by molar-refractivity contribution is -0.319. The number of hydrogen-bond acceptors (Lipinski definition) is 6. The summed E-state index contributed by atoms with van der Waals surface area (Å²) in [7, 11) is 0. The SMILES string of the molecule is CC(C)(C)OC(=O)C(C)(C)COOCC(C)(C)C(=O)OC(C)(C)C. The summed E-state index contributed by atoms with van der Waals surface area (Å²) < 4.78 is 10.7. The van der Waals surface area contributed by atoms with Crippen LogP contribution in [0.1, 0.15) is 69.2 Å². The van der Waals surface area contributed by atoms with Crippen LogP contribution < -0.4 is 0 Å². The third-order valence-corrected chi connectivity index (χ3v) is 2.83. The second-order valence-corrected chi connectivity index (χ2v) is 9.30. The second-order valence-electron chi connectivity index (χ2n) is 9.30. The average molecular weight is 346 g/mol.